The van der Waals surface area contributed by atoms with Crippen LogP contribution in [0.2, 0.25) is 0 Å². The molecule has 2 aliphatic carbocycles. The van der Waals surface area contributed by atoms with Crippen LogP contribution in [0.1, 0.15) is 55.3 Å². The minimum atomic E-state index is 0.158. The van der Waals surface area contributed by atoms with Crippen molar-refractivity contribution in [3.63, 3.8) is 0 Å². The van der Waals surface area contributed by atoms with Crippen molar-refractivity contribution in [1.29, 1.82) is 0 Å². The maximum Gasteiger partial charge on any atom is 0.320 e. The number of hydrogen-bond donors (Lipinski definition) is 0. The van der Waals surface area contributed by atoms with Gasteiger partial charge in [0.25, 0.3) is 0 Å². The van der Waals surface area contributed by atoms with Crippen molar-refractivity contribution in [3.8, 4) is 0 Å². The lowest BCUT2D eigenvalue weighted by Gasteiger charge is -2.34. The van der Waals surface area contributed by atoms with E-state index >= 15 is 0 Å². The number of piperidine rings is 1. The van der Waals surface area contributed by atoms with Crippen LogP contribution in [-0.2, 0) is 6.42 Å². The molecule has 3 fully saturated rings. The number of carbonyl (C=O) groups is 1. The van der Waals surface area contributed by atoms with Crippen LogP contribution in [0.15, 0.2) is 34.9 Å². The first-order chi connectivity index (χ1) is 13.2. The summed E-state index contributed by atoms with van der Waals surface area (Å²) in [5, 5.41) is 4.05. The summed E-state index contributed by atoms with van der Waals surface area (Å²) < 4.78 is 5.50. The Balaban J connectivity index is 1.28. The zero-order valence-corrected chi connectivity index (χ0v) is 15.9. The molecule has 5 atom stereocenters. The van der Waals surface area contributed by atoms with Gasteiger partial charge < -0.3 is 14.3 Å². The van der Waals surface area contributed by atoms with Crippen LogP contribution in [0.25, 0.3) is 0 Å². The van der Waals surface area contributed by atoms with Crippen molar-refractivity contribution in [2.24, 2.45) is 5.92 Å². The van der Waals surface area contributed by atoms with E-state index in [-0.39, 0.29) is 18.0 Å². The van der Waals surface area contributed by atoms with Gasteiger partial charge in [0, 0.05) is 38.0 Å². The largest absolute Gasteiger partial charge is 0.339 e. The zero-order chi connectivity index (χ0) is 18.5. The van der Waals surface area contributed by atoms with Gasteiger partial charge in [0.2, 0.25) is 5.89 Å². The second-order valence-corrected chi connectivity index (χ2v) is 8.28. The molecule has 2 bridgehead atoms. The summed E-state index contributed by atoms with van der Waals surface area (Å²) >= 11 is 0. The predicted molar refractivity (Wildman–Crippen MR) is 100 cm³/mol. The zero-order valence-electron chi connectivity index (χ0n) is 15.9. The van der Waals surface area contributed by atoms with Gasteiger partial charge in [-0.3, -0.25) is 0 Å². The average molecular weight is 366 g/mol. The number of hydrogen-bond acceptors (Lipinski definition) is 4. The molecule has 6 nitrogen and oxygen atoms in total. The lowest BCUT2D eigenvalue weighted by molar-refractivity contribution is 0.133. The highest BCUT2D eigenvalue weighted by Gasteiger charge is 2.52. The molecule has 27 heavy (non-hydrogen) atoms. The van der Waals surface area contributed by atoms with Crippen molar-refractivity contribution in [1.82, 2.24) is 19.9 Å². The van der Waals surface area contributed by atoms with E-state index in [9.17, 15) is 4.79 Å². The van der Waals surface area contributed by atoms with Gasteiger partial charge >= 0.3 is 6.03 Å². The predicted octanol–water partition coefficient (Wildman–Crippen LogP) is 3.42. The number of benzene rings is 1. The topological polar surface area (TPSA) is 62.5 Å². The summed E-state index contributed by atoms with van der Waals surface area (Å²) in [4.78, 5) is 21.8. The summed E-state index contributed by atoms with van der Waals surface area (Å²) in [6, 6.07) is 11.2. The summed E-state index contributed by atoms with van der Waals surface area (Å²) in [5.74, 6) is 2.69. The van der Waals surface area contributed by atoms with E-state index in [1.54, 1.807) is 0 Å². The number of fused-ring (bicyclic) bond motifs is 2. The van der Waals surface area contributed by atoms with E-state index in [1.165, 1.54) is 5.56 Å². The third-order valence-corrected chi connectivity index (χ3v) is 6.63. The van der Waals surface area contributed by atoms with Gasteiger partial charge in [-0.15, -0.1) is 0 Å². The molecule has 142 valence electrons. The fourth-order valence-electron chi connectivity index (χ4n) is 5.08. The normalized spacial score (nSPS) is 31.3. The summed E-state index contributed by atoms with van der Waals surface area (Å²) in [5.41, 5.74) is 1.33. The molecule has 5 rings (SSSR count). The lowest BCUT2D eigenvalue weighted by atomic mass is 9.98. The van der Waals surface area contributed by atoms with Gasteiger partial charge in [0.15, 0.2) is 5.82 Å². The second kappa shape index (κ2) is 6.36. The number of nitrogens with zero attached hydrogens (tertiary/aromatic N) is 4. The highest BCUT2D eigenvalue weighted by molar-refractivity contribution is 5.76. The first kappa shape index (κ1) is 16.8. The number of aryl methyl sites for hydroxylation is 1. The van der Waals surface area contributed by atoms with E-state index in [0.717, 1.165) is 38.1 Å². The highest BCUT2D eigenvalue weighted by atomic mass is 16.5. The molecule has 0 N–H and O–H groups in total. The standard InChI is InChI=1S/C21H26N4O2/c1-3-19-22-20(27-23-19)16-9-13-10-18(16)25(12-13)21(26)24(2)17-11-15(17)14-7-5-4-6-8-14/h4-8,13,15-18H,3,9-12H2,1-2H3. The van der Waals surface area contributed by atoms with Gasteiger partial charge in [-0.2, -0.15) is 4.98 Å². The smallest absolute Gasteiger partial charge is 0.320 e. The van der Waals surface area contributed by atoms with Crippen LogP contribution in [0.5, 0.6) is 0 Å². The fourth-order valence-corrected chi connectivity index (χ4v) is 5.08. The molecule has 2 amide bonds. The maximum absolute atomic E-state index is 13.2. The van der Waals surface area contributed by atoms with E-state index in [4.69, 9.17) is 4.52 Å². The fraction of sp³-hybridized carbons (Fsp3) is 0.571. The first-order valence-electron chi connectivity index (χ1n) is 10.1. The minimum Gasteiger partial charge on any atom is -0.339 e. The van der Waals surface area contributed by atoms with Crippen molar-refractivity contribution in [2.45, 2.75) is 56.5 Å². The molecule has 0 radical (unpaired) electrons. The number of amides is 2. The van der Waals surface area contributed by atoms with Crippen LogP contribution in [0.4, 0.5) is 4.79 Å². The average Bonchev–Trinajstić information content (AvgIpc) is 3.04. The highest BCUT2D eigenvalue weighted by Crippen LogP contribution is 2.49. The third kappa shape index (κ3) is 2.82. The summed E-state index contributed by atoms with van der Waals surface area (Å²) in [6.07, 6.45) is 3.94. The SMILES string of the molecule is CCc1noc(C2CC3CC2N(C(=O)N(C)C2CC2c2ccccc2)C3)n1. The van der Waals surface area contributed by atoms with Crippen molar-refractivity contribution in [3.05, 3.63) is 47.6 Å². The van der Waals surface area contributed by atoms with Crippen molar-refractivity contribution in [2.75, 3.05) is 13.6 Å². The van der Waals surface area contributed by atoms with Crippen molar-refractivity contribution >= 4 is 6.03 Å². The second-order valence-electron chi connectivity index (χ2n) is 8.28. The van der Waals surface area contributed by atoms with Gasteiger partial charge in [-0.05, 0) is 30.7 Å². The molecule has 1 aromatic heterocycles. The van der Waals surface area contributed by atoms with Gasteiger partial charge in [-0.25, -0.2) is 4.79 Å². The number of rotatable bonds is 4. The summed E-state index contributed by atoms with van der Waals surface area (Å²) in [6.45, 7) is 2.89. The molecule has 3 aliphatic rings. The molecule has 2 heterocycles. The summed E-state index contributed by atoms with van der Waals surface area (Å²) in [7, 11) is 1.96. The number of aromatic nitrogens is 2. The van der Waals surface area contributed by atoms with Crippen molar-refractivity contribution < 1.29 is 9.32 Å². The molecule has 0 spiro atoms. The van der Waals surface area contributed by atoms with E-state index in [1.807, 2.05) is 24.9 Å². The molecular weight excluding hydrogens is 340 g/mol. The number of likely N-dealkylation sites (tertiary alicyclic amines) is 1. The maximum atomic E-state index is 13.2. The van der Waals surface area contributed by atoms with Crippen LogP contribution in [0, 0.1) is 5.92 Å². The first-order valence-corrected chi connectivity index (χ1v) is 10.1. The molecule has 5 unspecified atom stereocenters. The Bertz CT molecular complexity index is 836. The van der Waals surface area contributed by atoms with E-state index in [0.29, 0.717) is 23.8 Å². The number of likely N-dealkylation sites (N-methyl/N-ethyl adjacent to an activating group) is 1. The molecule has 2 saturated carbocycles. The number of urea groups is 1. The third-order valence-electron chi connectivity index (χ3n) is 6.63. The molecular formula is C21H26N4O2. The lowest BCUT2D eigenvalue weighted by Crippen LogP contribution is -2.48. The van der Waals surface area contributed by atoms with E-state index in [2.05, 4.69) is 39.3 Å². The molecule has 6 heteroatoms. The van der Waals surface area contributed by atoms with Gasteiger partial charge in [0.05, 0.1) is 5.92 Å². The van der Waals surface area contributed by atoms with Crippen LogP contribution < -0.4 is 0 Å². The molecule has 1 saturated heterocycles. The van der Waals surface area contributed by atoms with E-state index < -0.39 is 0 Å². The van der Waals surface area contributed by atoms with Gasteiger partial charge in [-0.1, -0.05) is 42.4 Å². The number of carbonyl (C=O) groups excluding carboxylic acids is 1. The monoisotopic (exact) mass is 366 g/mol. The Morgan fingerprint density at radius 2 is 2.04 bits per heavy atom. The quantitative estimate of drug-likeness (QED) is 0.832. The Morgan fingerprint density at radius 3 is 2.74 bits per heavy atom. The Labute approximate surface area is 159 Å². The van der Waals surface area contributed by atoms with Gasteiger partial charge in [0.1, 0.15) is 0 Å². The Morgan fingerprint density at radius 1 is 1.22 bits per heavy atom. The molecule has 1 aliphatic heterocycles. The van der Waals surface area contributed by atoms with Crippen LogP contribution in [0.3, 0.4) is 0 Å². The van der Waals surface area contributed by atoms with Crippen LogP contribution in [-0.4, -0.2) is 51.6 Å². The molecule has 2 aromatic rings. The molecule has 1 aromatic carbocycles. The minimum absolute atomic E-state index is 0.158. The Hall–Kier alpha value is -2.37. The Kier molecular flexibility index (Phi) is 3.95. The van der Waals surface area contributed by atoms with Crippen LogP contribution >= 0.6 is 0 Å².